The fourth-order valence-corrected chi connectivity index (χ4v) is 3.09. The van der Waals surface area contributed by atoms with Crippen molar-refractivity contribution in [1.29, 1.82) is 0 Å². The zero-order valence-corrected chi connectivity index (χ0v) is 16.7. The summed E-state index contributed by atoms with van der Waals surface area (Å²) in [5.41, 5.74) is 1.20. The smallest absolute Gasteiger partial charge is 0.275 e. The van der Waals surface area contributed by atoms with E-state index < -0.39 is 0 Å². The van der Waals surface area contributed by atoms with Gasteiger partial charge in [-0.05, 0) is 6.07 Å². The van der Waals surface area contributed by atoms with Crippen molar-refractivity contribution in [2.75, 3.05) is 0 Å². The van der Waals surface area contributed by atoms with Crippen LogP contribution in [0.1, 0.15) is 31.5 Å². The lowest BCUT2D eigenvalue weighted by Gasteiger charge is -2.11. The van der Waals surface area contributed by atoms with Gasteiger partial charge in [-0.25, -0.2) is 4.68 Å². The average Bonchev–Trinajstić information content (AvgIpc) is 3.24. The Balaban J connectivity index is 1.60. The summed E-state index contributed by atoms with van der Waals surface area (Å²) >= 11 is 0. The monoisotopic (exact) mass is 403 g/mol. The lowest BCUT2D eigenvalue weighted by atomic mass is 10.1. The van der Waals surface area contributed by atoms with Crippen LogP contribution in [0.2, 0.25) is 0 Å². The zero-order valence-electron chi connectivity index (χ0n) is 16.7. The maximum Gasteiger partial charge on any atom is 0.275 e. The van der Waals surface area contributed by atoms with E-state index in [9.17, 15) is 9.59 Å². The number of nitrogens with one attached hydrogen (secondary N) is 1. The summed E-state index contributed by atoms with van der Waals surface area (Å²) in [5, 5.41) is 12.3. The summed E-state index contributed by atoms with van der Waals surface area (Å²) < 4.78 is 6.32. The molecule has 0 atom stereocenters. The van der Waals surface area contributed by atoms with Gasteiger partial charge in [0.25, 0.3) is 5.56 Å². The van der Waals surface area contributed by atoms with E-state index in [0.29, 0.717) is 22.8 Å². The van der Waals surface area contributed by atoms with E-state index in [2.05, 4.69) is 20.6 Å². The first-order valence-electron chi connectivity index (χ1n) is 9.67. The van der Waals surface area contributed by atoms with Crippen molar-refractivity contribution in [2.24, 2.45) is 0 Å². The Bertz CT molecular complexity index is 1240. The second-order valence-electron chi connectivity index (χ2n) is 7.20. The third-order valence-electron chi connectivity index (χ3n) is 4.63. The largest absolute Gasteiger partial charge is 0.347 e. The van der Waals surface area contributed by atoms with Gasteiger partial charge in [0.2, 0.25) is 11.8 Å². The topological polar surface area (TPSA) is 103 Å². The Morgan fingerprint density at radius 1 is 1.07 bits per heavy atom. The highest BCUT2D eigenvalue weighted by atomic mass is 16.5. The summed E-state index contributed by atoms with van der Waals surface area (Å²) in [6.07, 6.45) is 0. The highest BCUT2D eigenvalue weighted by Gasteiger charge is 2.15. The molecule has 0 fully saturated rings. The molecule has 2 aromatic carbocycles. The number of carbonyl (C=O) groups is 1. The van der Waals surface area contributed by atoms with Crippen LogP contribution >= 0.6 is 0 Å². The van der Waals surface area contributed by atoms with E-state index in [1.54, 1.807) is 12.1 Å². The second-order valence-corrected chi connectivity index (χ2v) is 7.20. The Kier molecular flexibility index (Phi) is 5.38. The van der Waals surface area contributed by atoms with E-state index in [-0.39, 0.29) is 30.5 Å². The molecule has 0 unspecified atom stereocenters. The third kappa shape index (κ3) is 3.98. The highest BCUT2D eigenvalue weighted by Crippen LogP contribution is 2.24. The number of rotatable bonds is 6. The molecule has 0 bridgehead atoms. The van der Waals surface area contributed by atoms with Crippen LogP contribution in [0.5, 0.6) is 0 Å². The van der Waals surface area contributed by atoms with E-state index in [1.807, 2.05) is 56.3 Å². The Labute approximate surface area is 172 Å². The van der Waals surface area contributed by atoms with Gasteiger partial charge in [-0.15, -0.1) is 0 Å². The lowest BCUT2D eigenvalue weighted by Crippen LogP contribution is -2.34. The van der Waals surface area contributed by atoms with Crippen molar-refractivity contribution in [2.45, 2.75) is 32.9 Å². The molecule has 30 heavy (non-hydrogen) atoms. The normalized spacial score (nSPS) is 11.2. The molecule has 152 valence electrons. The molecule has 2 heterocycles. The fraction of sp³-hybridized carbons (Fsp3) is 0.227. The van der Waals surface area contributed by atoms with Crippen molar-refractivity contribution < 1.29 is 9.32 Å². The van der Waals surface area contributed by atoms with E-state index in [0.717, 1.165) is 10.9 Å². The van der Waals surface area contributed by atoms with E-state index in [1.165, 1.54) is 4.68 Å². The molecule has 0 aliphatic carbocycles. The van der Waals surface area contributed by atoms with Gasteiger partial charge in [0, 0.05) is 16.9 Å². The van der Waals surface area contributed by atoms with Crippen molar-refractivity contribution in [3.8, 4) is 11.3 Å². The number of amides is 1. The van der Waals surface area contributed by atoms with Crippen molar-refractivity contribution in [3.63, 3.8) is 0 Å². The number of aromatic nitrogens is 4. The molecule has 8 heteroatoms. The molecule has 2 aromatic heterocycles. The van der Waals surface area contributed by atoms with Crippen LogP contribution in [-0.4, -0.2) is 25.8 Å². The minimum atomic E-state index is -0.366. The van der Waals surface area contributed by atoms with Crippen LogP contribution in [0, 0.1) is 0 Å². The molecule has 0 saturated heterocycles. The minimum Gasteiger partial charge on any atom is -0.347 e. The fourth-order valence-electron chi connectivity index (χ4n) is 3.09. The number of carbonyl (C=O) groups excluding carboxylic acids is 1. The lowest BCUT2D eigenvalue weighted by molar-refractivity contribution is -0.122. The number of hydrogen-bond acceptors (Lipinski definition) is 6. The van der Waals surface area contributed by atoms with Gasteiger partial charge in [-0.2, -0.15) is 10.1 Å². The molecular formula is C22H21N5O3. The van der Waals surface area contributed by atoms with Crippen molar-refractivity contribution in [3.05, 3.63) is 76.7 Å². The van der Waals surface area contributed by atoms with Gasteiger partial charge in [0.05, 0.1) is 17.6 Å². The summed E-state index contributed by atoms with van der Waals surface area (Å²) in [5.74, 6) is 0.642. The molecule has 0 aliphatic rings. The van der Waals surface area contributed by atoms with Crippen LogP contribution < -0.4 is 10.9 Å². The predicted molar refractivity (Wildman–Crippen MR) is 112 cm³/mol. The van der Waals surface area contributed by atoms with Gasteiger partial charge < -0.3 is 9.84 Å². The molecule has 4 aromatic rings. The standard InChI is InChI=1S/C22H21N5O3/c1-14(2)21-24-18(26-30-21)12-23-19(28)13-27-22(29)17-11-7-6-10-16(17)20(25-27)15-8-4-3-5-9-15/h3-11,14H,12-13H2,1-2H3,(H,23,28). The first-order chi connectivity index (χ1) is 14.5. The van der Waals surface area contributed by atoms with Crippen molar-refractivity contribution >= 4 is 16.7 Å². The summed E-state index contributed by atoms with van der Waals surface area (Å²) in [6, 6.07) is 16.8. The van der Waals surface area contributed by atoms with E-state index in [4.69, 9.17) is 4.52 Å². The third-order valence-corrected chi connectivity index (χ3v) is 4.63. The maximum atomic E-state index is 12.9. The first-order valence-corrected chi connectivity index (χ1v) is 9.67. The molecule has 4 rings (SSSR count). The molecule has 0 saturated carbocycles. The molecule has 1 N–H and O–H groups in total. The quantitative estimate of drug-likeness (QED) is 0.531. The number of hydrogen-bond donors (Lipinski definition) is 1. The molecule has 0 aliphatic heterocycles. The summed E-state index contributed by atoms with van der Waals surface area (Å²) in [4.78, 5) is 29.6. The Hall–Kier alpha value is -3.81. The van der Waals surface area contributed by atoms with Crippen LogP contribution in [0.4, 0.5) is 0 Å². The van der Waals surface area contributed by atoms with Crippen LogP contribution in [0.3, 0.4) is 0 Å². The molecule has 0 spiro atoms. The van der Waals surface area contributed by atoms with Crippen LogP contribution in [0.15, 0.2) is 63.9 Å². The maximum absolute atomic E-state index is 12.9. The number of benzene rings is 2. The van der Waals surface area contributed by atoms with Crippen molar-refractivity contribution in [1.82, 2.24) is 25.2 Å². The van der Waals surface area contributed by atoms with Crippen LogP contribution in [0.25, 0.3) is 22.0 Å². The molecule has 8 nitrogen and oxygen atoms in total. The molecule has 1 amide bonds. The van der Waals surface area contributed by atoms with Gasteiger partial charge in [-0.3, -0.25) is 9.59 Å². The van der Waals surface area contributed by atoms with Gasteiger partial charge in [-0.1, -0.05) is 67.5 Å². The van der Waals surface area contributed by atoms with Gasteiger partial charge in [0.15, 0.2) is 5.82 Å². The van der Waals surface area contributed by atoms with Gasteiger partial charge in [0.1, 0.15) is 6.54 Å². The van der Waals surface area contributed by atoms with Gasteiger partial charge >= 0.3 is 0 Å². The summed E-state index contributed by atoms with van der Waals surface area (Å²) in [7, 11) is 0. The number of nitrogens with zero attached hydrogens (tertiary/aromatic N) is 4. The highest BCUT2D eigenvalue weighted by molar-refractivity contribution is 5.93. The Morgan fingerprint density at radius 3 is 2.47 bits per heavy atom. The predicted octanol–water partition coefficient (Wildman–Crippen LogP) is 2.89. The first kappa shape index (κ1) is 19.5. The second kappa shape index (κ2) is 8.28. The number of fused-ring (bicyclic) bond motifs is 1. The zero-order chi connectivity index (χ0) is 21.1. The van der Waals surface area contributed by atoms with E-state index >= 15 is 0 Å². The SMILES string of the molecule is CC(C)c1nc(CNC(=O)Cn2nc(-c3ccccc3)c3ccccc3c2=O)no1. The minimum absolute atomic E-state index is 0.110. The summed E-state index contributed by atoms with van der Waals surface area (Å²) in [6.45, 7) is 3.79. The molecular weight excluding hydrogens is 382 g/mol. The molecule has 0 radical (unpaired) electrons. The average molecular weight is 403 g/mol. The Morgan fingerprint density at radius 2 is 1.77 bits per heavy atom. The van der Waals surface area contributed by atoms with Crippen LogP contribution in [-0.2, 0) is 17.9 Å².